The fraction of sp³-hybridized carbons (Fsp3) is 0.333. The zero-order chi connectivity index (χ0) is 14.0. The van der Waals surface area contributed by atoms with Crippen LogP contribution in [0, 0.1) is 17.6 Å². The van der Waals surface area contributed by atoms with E-state index in [0.29, 0.717) is 31.6 Å². The van der Waals surface area contributed by atoms with E-state index in [1.807, 2.05) is 0 Å². The molecule has 0 aliphatic carbocycles. The smallest absolute Gasteiger partial charge is 0.337 e. The molecule has 1 atom stereocenters. The largest absolute Gasteiger partial charge is 0.478 e. The van der Waals surface area contributed by atoms with Crippen molar-refractivity contribution in [3.63, 3.8) is 0 Å². The van der Waals surface area contributed by atoms with Gasteiger partial charge < -0.3 is 15.7 Å². The number of carbonyl (C=O) groups excluding carboxylic acids is 1. The Morgan fingerprint density at radius 2 is 2.00 bits per heavy atom. The first kappa shape index (κ1) is 13.4. The molecule has 1 saturated heterocycles. The molecule has 1 heterocycles. The van der Waals surface area contributed by atoms with Gasteiger partial charge in [0.2, 0.25) is 5.91 Å². The molecule has 1 aliphatic heterocycles. The lowest BCUT2D eigenvalue weighted by Gasteiger charge is -2.12. The highest BCUT2D eigenvalue weighted by Crippen LogP contribution is 2.21. The topological polar surface area (TPSA) is 78.4 Å². The summed E-state index contributed by atoms with van der Waals surface area (Å²) < 4.78 is 26.1. The van der Waals surface area contributed by atoms with Crippen LogP contribution >= 0.6 is 0 Å². The predicted molar refractivity (Wildman–Crippen MR) is 62.9 cm³/mol. The van der Waals surface area contributed by atoms with Crippen LogP contribution in [0.4, 0.5) is 14.5 Å². The van der Waals surface area contributed by atoms with Gasteiger partial charge in [0.15, 0.2) is 11.6 Å². The molecule has 0 spiro atoms. The van der Waals surface area contributed by atoms with Gasteiger partial charge in [-0.2, -0.15) is 0 Å². The molecule has 0 aromatic heterocycles. The average Bonchev–Trinajstić information content (AvgIpc) is 2.86. The zero-order valence-electron chi connectivity index (χ0n) is 9.87. The number of hydrogen-bond acceptors (Lipinski definition) is 3. The zero-order valence-corrected chi connectivity index (χ0v) is 9.87. The minimum absolute atomic E-state index is 0.233. The lowest BCUT2D eigenvalue weighted by atomic mass is 10.1. The lowest BCUT2D eigenvalue weighted by molar-refractivity contribution is -0.119. The van der Waals surface area contributed by atoms with E-state index in [0.717, 1.165) is 0 Å². The van der Waals surface area contributed by atoms with Crippen molar-refractivity contribution in [2.75, 3.05) is 18.4 Å². The van der Waals surface area contributed by atoms with Crippen LogP contribution in [0.5, 0.6) is 0 Å². The van der Waals surface area contributed by atoms with Gasteiger partial charge in [-0.25, -0.2) is 13.6 Å². The van der Waals surface area contributed by atoms with E-state index in [9.17, 15) is 18.4 Å². The molecule has 1 amide bonds. The number of carboxylic acid groups (broad SMARTS) is 1. The molecular weight excluding hydrogens is 258 g/mol. The van der Waals surface area contributed by atoms with E-state index < -0.39 is 29.1 Å². The molecule has 3 N–H and O–H groups in total. The highest BCUT2D eigenvalue weighted by Gasteiger charge is 2.24. The first-order chi connectivity index (χ1) is 8.99. The van der Waals surface area contributed by atoms with Gasteiger partial charge in [0.25, 0.3) is 0 Å². The third-order valence-electron chi connectivity index (χ3n) is 2.98. The minimum Gasteiger partial charge on any atom is -0.478 e. The van der Waals surface area contributed by atoms with Gasteiger partial charge in [0.05, 0.1) is 17.2 Å². The molecule has 0 saturated carbocycles. The number of rotatable bonds is 3. The summed E-state index contributed by atoms with van der Waals surface area (Å²) in [5.41, 5.74) is -0.707. The van der Waals surface area contributed by atoms with Crippen LogP contribution in [0.2, 0.25) is 0 Å². The van der Waals surface area contributed by atoms with E-state index in [4.69, 9.17) is 5.11 Å². The molecule has 1 aromatic carbocycles. The second-order valence-corrected chi connectivity index (χ2v) is 4.30. The van der Waals surface area contributed by atoms with Crippen molar-refractivity contribution in [1.82, 2.24) is 5.32 Å². The summed E-state index contributed by atoms with van der Waals surface area (Å²) in [4.78, 5) is 22.8. The van der Waals surface area contributed by atoms with Gasteiger partial charge in [0, 0.05) is 12.6 Å². The van der Waals surface area contributed by atoms with Gasteiger partial charge >= 0.3 is 5.97 Å². The number of anilines is 1. The van der Waals surface area contributed by atoms with Crippen molar-refractivity contribution in [3.8, 4) is 0 Å². The maximum Gasteiger partial charge on any atom is 0.337 e. The van der Waals surface area contributed by atoms with Crippen LogP contribution in [0.15, 0.2) is 12.1 Å². The van der Waals surface area contributed by atoms with Crippen LogP contribution in [0.25, 0.3) is 0 Å². The summed E-state index contributed by atoms with van der Waals surface area (Å²) in [6, 6.07) is 1.24. The average molecular weight is 270 g/mol. The number of nitrogens with one attached hydrogen (secondary N) is 2. The van der Waals surface area contributed by atoms with Crippen LogP contribution < -0.4 is 10.6 Å². The third-order valence-corrected chi connectivity index (χ3v) is 2.98. The Hall–Kier alpha value is -2.02. The molecule has 0 radical (unpaired) electrons. The molecule has 1 fully saturated rings. The normalized spacial score (nSPS) is 18.3. The number of halogens is 2. The second-order valence-electron chi connectivity index (χ2n) is 4.30. The maximum atomic E-state index is 13.1. The van der Waals surface area contributed by atoms with Crippen LogP contribution in [-0.2, 0) is 4.79 Å². The molecule has 1 aliphatic rings. The molecule has 5 nitrogen and oxygen atoms in total. The fourth-order valence-electron chi connectivity index (χ4n) is 1.94. The van der Waals surface area contributed by atoms with Crippen LogP contribution in [0.3, 0.4) is 0 Å². The first-order valence-corrected chi connectivity index (χ1v) is 5.73. The van der Waals surface area contributed by atoms with E-state index >= 15 is 0 Å². The standard InChI is InChI=1S/C12H12F2N2O3/c13-8-3-7(12(18)19)10(4-9(8)14)16-11(17)6-1-2-15-5-6/h3-4,6,15H,1-2,5H2,(H,16,17)(H,18,19). The van der Waals surface area contributed by atoms with E-state index in [-0.39, 0.29) is 11.6 Å². The number of benzene rings is 1. The Morgan fingerprint density at radius 1 is 1.32 bits per heavy atom. The Balaban J connectivity index is 2.25. The molecule has 2 rings (SSSR count). The van der Waals surface area contributed by atoms with Crippen molar-refractivity contribution in [3.05, 3.63) is 29.3 Å². The van der Waals surface area contributed by atoms with Crippen LogP contribution in [-0.4, -0.2) is 30.1 Å². The summed E-state index contributed by atoms with van der Waals surface area (Å²) in [6.45, 7) is 1.18. The Morgan fingerprint density at radius 3 is 2.58 bits per heavy atom. The Bertz CT molecular complexity index is 528. The van der Waals surface area contributed by atoms with Crippen LogP contribution in [0.1, 0.15) is 16.8 Å². The third kappa shape index (κ3) is 2.87. The molecule has 1 aromatic rings. The van der Waals surface area contributed by atoms with Crippen molar-refractivity contribution in [2.45, 2.75) is 6.42 Å². The maximum absolute atomic E-state index is 13.1. The minimum atomic E-state index is -1.43. The number of amides is 1. The van der Waals surface area contributed by atoms with Crippen molar-refractivity contribution < 1.29 is 23.5 Å². The second kappa shape index (κ2) is 5.31. The highest BCUT2D eigenvalue weighted by molar-refractivity contribution is 6.01. The number of hydrogen-bond donors (Lipinski definition) is 3. The molecule has 1 unspecified atom stereocenters. The summed E-state index contributed by atoms with van der Waals surface area (Å²) in [5, 5.41) is 14.2. The van der Waals surface area contributed by atoms with Gasteiger partial charge in [-0.3, -0.25) is 4.79 Å². The fourth-order valence-corrected chi connectivity index (χ4v) is 1.94. The van der Waals surface area contributed by atoms with E-state index in [2.05, 4.69) is 10.6 Å². The molecular formula is C12H12F2N2O3. The van der Waals surface area contributed by atoms with Crippen molar-refractivity contribution >= 4 is 17.6 Å². The van der Waals surface area contributed by atoms with Gasteiger partial charge in [-0.15, -0.1) is 0 Å². The highest BCUT2D eigenvalue weighted by atomic mass is 19.2. The lowest BCUT2D eigenvalue weighted by Crippen LogP contribution is -2.25. The number of carboxylic acids is 1. The number of carbonyl (C=O) groups is 2. The Kier molecular flexibility index (Phi) is 3.75. The van der Waals surface area contributed by atoms with Crippen molar-refractivity contribution in [2.24, 2.45) is 5.92 Å². The van der Waals surface area contributed by atoms with Crippen molar-refractivity contribution in [1.29, 1.82) is 0 Å². The quantitative estimate of drug-likeness (QED) is 0.771. The van der Waals surface area contributed by atoms with Gasteiger partial charge in [-0.1, -0.05) is 0 Å². The summed E-state index contributed by atoms with van der Waals surface area (Å²) in [7, 11) is 0. The molecule has 19 heavy (non-hydrogen) atoms. The molecule has 7 heteroatoms. The molecule has 0 bridgehead atoms. The SMILES string of the molecule is O=C(O)c1cc(F)c(F)cc1NC(=O)C1CCNC1. The molecule has 102 valence electrons. The summed E-state index contributed by atoms with van der Waals surface area (Å²) in [6.07, 6.45) is 0.623. The van der Waals surface area contributed by atoms with Gasteiger partial charge in [0.1, 0.15) is 0 Å². The monoisotopic (exact) mass is 270 g/mol. The van der Waals surface area contributed by atoms with E-state index in [1.54, 1.807) is 0 Å². The summed E-state index contributed by atoms with van der Waals surface area (Å²) >= 11 is 0. The van der Waals surface area contributed by atoms with Gasteiger partial charge in [-0.05, 0) is 19.0 Å². The Labute approximate surface area is 107 Å². The predicted octanol–water partition coefficient (Wildman–Crippen LogP) is 1.21. The van der Waals surface area contributed by atoms with E-state index in [1.165, 1.54) is 0 Å². The number of aromatic carboxylic acids is 1. The summed E-state index contributed by atoms with van der Waals surface area (Å²) in [5.74, 6) is -4.60. The first-order valence-electron chi connectivity index (χ1n) is 5.73.